The van der Waals surface area contributed by atoms with Gasteiger partial charge in [-0.2, -0.15) is 0 Å². The Balaban J connectivity index is 1.90. The van der Waals surface area contributed by atoms with Crippen molar-refractivity contribution in [2.24, 2.45) is 11.7 Å². The van der Waals surface area contributed by atoms with Crippen molar-refractivity contribution in [2.75, 3.05) is 24.5 Å². The lowest BCUT2D eigenvalue weighted by atomic mass is 9.89. The number of anilines is 1. The molecule has 0 atom stereocenters. The van der Waals surface area contributed by atoms with E-state index in [-0.39, 0.29) is 24.8 Å². The Morgan fingerprint density at radius 1 is 1.25 bits per heavy atom. The Morgan fingerprint density at radius 3 is 2.67 bits per heavy atom. The maximum absolute atomic E-state index is 12.3. The molecule has 2 amide bonds. The molecule has 5 nitrogen and oxygen atoms in total. The van der Waals surface area contributed by atoms with E-state index in [0.717, 1.165) is 17.8 Å². The van der Waals surface area contributed by atoms with Gasteiger partial charge >= 0.3 is 0 Å². The average molecular weight is 331 g/mol. The molecule has 0 heterocycles. The molecule has 0 saturated heterocycles. The van der Waals surface area contributed by atoms with Crippen molar-refractivity contribution in [1.82, 2.24) is 5.32 Å². The molecule has 0 radical (unpaired) electrons. The minimum Gasteiger partial charge on any atom is -0.370 e. The molecule has 0 aromatic heterocycles. The monoisotopic (exact) mass is 331 g/mol. The van der Waals surface area contributed by atoms with E-state index in [0.29, 0.717) is 12.5 Å². The van der Waals surface area contributed by atoms with E-state index in [4.69, 9.17) is 5.73 Å². The largest absolute Gasteiger partial charge is 0.370 e. The molecule has 3 N–H and O–H groups in total. The number of primary amides is 1. The number of hydrogen-bond acceptors (Lipinski definition) is 3. The van der Waals surface area contributed by atoms with Crippen molar-refractivity contribution in [1.29, 1.82) is 0 Å². The quantitative estimate of drug-likeness (QED) is 0.768. The molecule has 1 aromatic carbocycles. The van der Waals surface area contributed by atoms with Crippen LogP contribution in [0.5, 0.6) is 0 Å². The van der Waals surface area contributed by atoms with E-state index in [1.165, 1.54) is 32.1 Å². The predicted molar refractivity (Wildman–Crippen MR) is 96.8 cm³/mol. The van der Waals surface area contributed by atoms with Gasteiger partial charge in [-0.3, -0.25) is 9.59 Å². The van der Waals surface area contributed by atoms with Crippen molar-refractivity contribution >= 4 is 17.5 Å². The lowest BCUT2D eigenvalue weighted by Gasteiger charge is -2.26. The van der Waals surface area contributed by atoms with Crippen molar-refractivity contribution in [3.05, 3.63) is 29.8 Å². The molecule has 5 heteroatoms. The van der Waals surface area contributed by atoms with Gasteiger partial charge in [-0.05, 0) is 43.4 Å². The first-order valence-corrected chi connectivity index (χ1v) is 8.91. The number of nitrogens with zero attached hydrogens (tertiary/aromatic N) is 1. The fourth-order valence-electron chi connectivity index (χ4n) is 3.25. The number of nitrogens with one attached hydrogen (secondary N) is 1. The molecule has 1 fully saturated rings. The van der Waals surface area contributed by atoms with Crippen LogP contribution in [0.3, 0.4) is 0 Å². The van der Waals surface area contributed by atoms with Crippen LogP contribution in [0.1, 0.15) is 44.1 Å². The third-order valence-electron chi connectivity index (χ3n) is 4.64. The van der Waals surface area contributed by atoms with Crippen molar-refractivity contribution in [2.45, 2.75) is 45.4 Å². The van der Waals surface area contributed by atoms with Crippen molar-refractivity contribution in [3.8, 4) is 0 Å². The van der Waals surface area contributed by atoms with Gasteiger partial charge in [0.15, 0.2) is 0 Å². The number of carbonyl (C=O) groups is 2. The minimum atomic E-state index is -0.352. The first-order valence-electron chi connectivity index (χ1n) is 8.91. The van der Waals surface area contributed by atoms with Gasteiger partial charge in [-0.25, -0.2) is 0 Å². The normalized spacial score (nSPS) is 15.0. The molecule has 24 heavy (non-hydrogen) atoms. The van der Waals surface area contributed by atoms with Crippen LogP contribution in [-0.4, -0.2) is 31.4 Å². The molecular weight excluding hydrogens is 302 g/mol. The lowest BCUT2D eigenvalue weighted by molar-refractivity contribution is -0.120. The zero-order chi connectivity index (χ0) is 17.4. The number of benzene rings is 1. The summed E-state index contributed by atoms with van der Waals surface area (Å²) in [5.41, 5.74) is 7.34. The summed E-state index contributed by atoms with van der Waals surface area (Å²) in [6, 6.07) is 7.96. The molecular formula is C19H29N3O2. The van der Waals surface area contributed by atoms with Gasteiger partial charge in [0.2, 0.25) is 11.8 Å². The van der Waals surface area contributed by atoms with Gasteiger partial charge in [-0.15, -0.1) is 0 Å². The van der Waals surface area contributed by atoms with Crippen molar-refractivity contribution in [3.63, 3.8) is 0 Å². The molecule has 1 saturated carbocycles. The van der Waals surface area contributed by atoms with Gasteiger partial charge in [0.25, 0.3) is 0 Å². The van der Waals surface area contributed by atoms with Gasteiger partial charge < -0.3 is 16.0 Å². The first kappa shape index (κ1) is 18.3. The molecule has 2 rings (SSSR count). The number of rotatable bonds is 8. The van der Waals surface area contributed by atoms with Gasteiger partial charge in [0, 0.05) is 25.2 Å². The van der Waals surface area contributed by atoms with E-state index >= 15 is 0 Å². The van der Waals surface area contributed by atoms with Crippen LogP contribution in [0.4, 0.5) is 5.69 Å². The maximum Gasteiger partial charge on any atom is 0.239 e. The SMILES string of the molecule is Cc1cccc(N(CCC(N)=O)CC(=O)NCC2CCCCC2)c1. The lowest BCUT2D eigenvalue weighted by Crippen LogP contribution is -2.40. The van der Waals surface area contributed by atoms with Crippen LogP contribution in [-0.2, 0) is 9.59 Å². The highest BCUT2D eigenvalue weighted by molar-refractivity contribution is 5.82. The number of aryl methyl sites for hydroxylation is 1. The predicted octanol–water partition coefficient (Wildman–Crippen LogP) is 2.37. The smallest absolute Gasteiger partial charge is 0.239 e. The maximum atomic E-state index is 12.3. The van der Waals surface area contributed by atoms with E-state index in [1.807, 2.05) is 36.1 Å². The molecule has 132 valence electrons. The molecule has 1 aromatic rings. The Bertz CT molecular complexity index is 553. The second-order valence-electron chi connectivity index (χ2n) is 6.78. The van der Waals surface area contributed by atoms with E-state index in [1.54, 1.807) is 0 Å². The van der Waals surface area contributed by atoms with E-state index in [2.05, 4.69) is 5.32 Å². The summed E-state index contributed by atoms with van der Waals surface area (Å²) in [5, 5.41) is 3.06. The highest BCUT2D eigenvalue weighted by atomic mass is 16.2. The zero-order valence-corrected chi connectivity index (χ0v) is 14.6. The van der Waals surface area contributed by atoms with E-state index in [9.17, 15) is 9.59 Å². The Hall–Kier alpha value is -2.04. The molecule has 0 bridgehead atoms. The summed E-state index contributed by atoms with van der Waals surface area (Å²) in [6.07, 6.45) is 6.53. The molecule has 1 aliphatic carbocycles. The fourth-order valence-corrected chi connectivity index (χ4v) is 3.25. The third-order valence-corrected chi connectivity index (χ3v) is 4.64. The summed E-state index contributed by atoms with van der Waals surface area (Å²) in [4.78, 5) is 25.4. The second-order valence-corrected chi connectivity index (χ2v) is 6.78. The summed E-state index contributed by atoms with van der Waals surface area (Å²) in [7, 11) is 0. The van der Waals surface area contributed by atoms with E-state index < -0.39 is 0 Å². The number of amides is 2. The number of nitrogens with two attached hydrogens (primary N) is 1. The first-order chi connectivity index (χ1) is 11.5. The van der Waals surface area contributed by atoms with Crippen LogP contribution in [0.25, 0.3) is 0 Å². The standard InChI is InChI=1S/C19H29N3O2/c1-15-6-5-9-17(12-15)22(11-10-18(20)23)14-19(24)21-13-16-7-3-2-4-8-16/h5-6,9,12,16H,2-4,7-8,10-11,13-14H2,1H3,(H2,20,23)(H,21,24). The Labute approximate surface area is 144 Å². The Kier molecular flexibility index (Phi) is 7.09. The zero-order valence-electron chi connectivity index (χ0n) is 14.6. The van der Waals surface area contributed by atoms with Crippen LogP contribution < -0.4 is 16.0 Å². The van der Waals surface area contributed by atoms with Gasteiger partial charge in [-0.1, -0.05) is 31.4 Å². The highest BCUT2D eigenvalue weighted by Crippen LogP contribution is 2.22. The molecule has 0 unspecified atom stereocenters. The van der Waals surface area contributed by atoms with Crippen LogP contribution in [0, 0.1) is 12.8 Å². The molecule has 0 spiro atoms. The van der Waals surface area contributed by atoms with Crippen LogP contribution in [0.2, 0.25) is 0 Å². The topological polar surface area (TPSA) is 75.4 Å². The minimum absolute atomic E-state index is 0.00606. The molecule has 0 aliphatic heterocycles. The Morgan fingerprint density at radius 2 is 2.00 bits per heavy atom. The van der Waals surface area contributed by atoms with Gasteiger partial charge in [0.1, 0.15) is 0 Å². The van der Waals surface area contributed by atoms with Crippen LogP contribution in [0.15, 0.2) is 24.3 Å². The third kappa shape index (κ3) is 6.22. The summed E-state index contributed by atoms with van der Waals surface area (Å²) in [6.45, 7) is 3.48. The summed E-state index contributed by atoms with van der Waals surface area (Å²) < 4.78 is 0. The molecule has 1 aliphatic rings. The second kappa shape index (κ2) is 9.30. The van der Waals surface area contributed by atoms with Crippen LogP contribution >= 0.6 is 0 Å². The summed E-state index contributed by atoms with van der Waals surface area (Å²) >= 11 is 0. The fraction of sp³-hybridized carbons (Fsp3) is 0.579. The number of hydrogen-bond donors (Lipinski definition) is 2. The van der Waals surface area contributed by atoms with Crippen molar-refractivity contribution < 1.29 is 9.59 Å². The number of carbonyl (C=O) groups excluding carboxylic acids is 2. The highest BCUT2D eigenvalue weighted by Gasteiger charge is 2.16. The average Bonchev–Trinajstić information content (AvgIpc) is 2.57. The summed E-state index contributed by atoms with van der Waals surface area (Å²) in [5.74, 6) is 0.266. The van der Waals surface area contributed by atoms with Gasteiger partial charge in [0.05, 0.1) is 6.54 Å².